The molecule has 0 amide bonds. The molecule has 0 aliphatic heterocycles. The molecule has 0 radical (unpaired) electrons. The maximum atomic E-state index is 6.02. The minimum atomic E-state index is -0.590. The van der Waals surface area contributed by atoms with Gasteiger partial charge in [-0.25, -0.2) is 0 Å². The molecule has 0 spiro atoms. The molecular formula is C10H14Cl2. The third kappa shape index (κ3) is 3.99. The summed E-state index contributed by atoms with van der Waals surface area (Å²) >= 11 is 12.0. The summed E-state index contributed by atoms with van der Waals surface area (Å²) in [6.45, 7) is 11.1. The van der Waals surface area contributed by atoms with E-state index in [9.17, 15) is 0 Å². The number of hydrogen-bond acceptors (Lipinski definition) is 0. The summed E-state index contributed by atoms with van der Waals surface area (Å²) in [5.41, 5.74) is 0.956. The predicted octanol–water partition coefficient (Wildman–Crippen LogP) is 3.91. The van der Waals surface area contributed by atoms with Crippen LogP contribution in [-0.4, -0.2) is 10.3 Å². The van der Waals surface area contributed by atoms with E-state index in [1.54, 1.807) is 6.08 Å². The Labute approximate surface area is 84.6 Å². The summed E-state index contributed by atoms with van der Waals surface area (Å²) in [5.74, 6) is 0. The summed E-state index contributed by atoms with van der Waals surface area (Å²) in [5, 5.41) is -0.256. The Balaban J connectivity index is 4.30. The van der Waals surface area contributed by atoms with Crippen molar-refractivity contribution >= 4 is 23.2 Å². The zero-order valence-electron chi connectivity index (χ0n) is 7.48. The second-order valence-electron chi connectivity index (χ2n) is 2.96. The van der Waals surface area contributed by atoms with Crippen LogP contribution in [0.15, 0.2) is 37.0 Å². The van der Waals surface area contributed by atoms with Crippen molar-refractivity contribution in [2.24, 2.45) is 0 Å². The van der Waals surface area contributed by atoms with E-state index >= 15 is 0 Å². The number of rotatable bonds is 4. The van der Waals surface area contributed by atoms with E-state index in [0.717, 1.165) is 5.57 Å². The third-order valence-electron chi connectivity index (χ3n) is 1.49. The molecule has 0 heterocycles. The Kier molecular flexibility index (Phi) is 4.66. The summed E-state index contributed by atoms with van der Waals surface area (Å²) in [7, 11) is 0. The van der Waals surface area contributed by atoms with E-state index in [1.165, 1.54) is 0 Å². The van der Waals surface area contributed by atoms with E-state index in [1.807, 2.05) is 26.0 Å². The van der Waals surface area contributed by atoms with Crippen molar-refractivity contribution in [2.75, 3.05) is 0 Å². The number of hydrogen-bond donors (Lipinski definition) is 0. The van der Waals surface area contributed by atoms with Gasteiger partial charge < -0.3 is 0 Å². The van der Waals surface area contributed by atoms with Gasteiger partial charge in [0.1, 0.15) is 0 Å². The highest BCUT2D eigenvalue weighted by Gasteiger charge is 2.24. The monoisotopic (exact) mass is 204 g/mol. The molecule has 2 unspecified atom stereocenters. The lowest BCUT2D eigenvalue weighted by Crippen LogP contribution is -2.24. The van der Waals surface area contributed by atoms with E-state index in [0.29, 0.717) is 0 Å². The van der Waals surface area contributed by atoms with Gasteiger partial charge in [0.05, 0.1) is 10.3 Å². The Morgan fingerprint density at radius 3 is 2.42 bits per heavy atom. The topological polar surface area (TPSA) is 0 Å². The molecule has 0 aromatic carbocycles. The average molecular weight is 205 g/mol. The molecule has 0 aromatic rings. The largest absolute Gasteiger partial charge is 0.116 e. The summed E-state index contributed by atoms with van der Waals surface area (Å²) in [6, 6.07) is 0. The van der Waals surface area contributed by atoms with Crippen molar-refractivity contribution < 1.29 is 0 Å². The Morgan fingerprint density at radius 2 is 2.08 bits per heavy atom. The highest BCUT2D eigenvalue weighted by molar-refractivity contribution is 6.34. The first-order valence-corrected chi connectivity index (χ1v) is 4.52. The van der Waals surface area contributed by atoms with Crippen LogP contribution in [0.1, 0.15) is 13.8 Å². The van der Waals surface area contributed by atoms with Crippen molar-refractivity contribution in [3.63, 3.8) is 0 Å². The Bertz CT molecular complexity index is 202. The zero-order chi connectivity index (χ0) is 9.78. The van der Waals surface area contributed by atoms with E-state index in [2.05, 4.69) is 13.2 Å². The summed E-state index contributed by atoms with van der Waals surface area (Å²) in [4.78, 5) is -0.590. The van der Waals surface area contributed by atoms with Crippen LogP contribution in [0.4, 0.5) is 0 Å². The smallest absolute Gasteiger partial charge is 0.0793 e. The van der Waals surface area contributed by atoms with E-state index in [-0.39, 0.29) is 5.38 Å². The van der Waals surface area contributed by atoms with Crippen molar-refractivity contribution in [3.8, 4) is 0 Å². The summed E-state index contributed by atoms with van der Waals surface area (Å²) in [6.07, 6.45) is 5.30. The van der Waals surface area contributed by atoms with E-state index in [4.69, 9.17) is 23.2 Å². The Morgan fingerprint density at radius 1 is 1.58 bits per heavy atom. The van der Waals surface area contributed by atoms with Crippen molar-refractivity contribution in [2.45, 2.75) is 24.1 Å². The van der Waals surface area contributed by atoms with Crippen LogP contribution >= 0.6 is 23.2 Å². The molecule has 0 nitrogen and oxygen atoms in total. The van der Waals surface area contributed by atoms with Gasteiger partial charge in [0.15, 0.2) is 0 Å². The van der Waals surface area contributed by atoms with E-state index < -0.39 is 4.87 Å². The van der Waals surface area contributed by atoms with Gasteiger partial charge in [-0.1, -0.05) is 30.4 Å². The first-order valence-electron chi connectivity index (χ1n) is 3.70. The van der Waals surface area contributed by atoms with Gasteiger partial charge in [0.2, 0.25) is 0 Å². The molecule has 12 heavy (non-hydrogen) atoms. The Hall–Kier alpha value is -0.200. The highest BCUT2D eigenvalue weighted by atomic mass is 35.5. The molecule has 0 rings (SSSR count). The lowest BCUT2D eigenvalue weighted by molar-refractivity contribution is 0.801. The first kappa shape index (κ1) is 11.8. The molecule has 0 aromatic heterocycles. The van der Waals surface area contributed by atoms with Crippen LogP contribution in [0, 0.1) is 0 Å². The zero-order valence-corrected chi connectivity index (χ0v) is 8.99. The fraction of sp³-hybridized carbons (Fsp3) is 0.400. The quantitative estimate of drug-likeness (QED) is 0.371. The lowest BCUT2D eigenvalue weighted by Gasteiger charge is -2.20. The molecule has 68 valence electrons. The molecule has 0 saturated heterocycles. The molecule has 0 N–H and O–H groups in total. The normalized spacial score (nSPS) is 18.7. The van der Waals surface area contributed by atoms with Gasteiger partial charge in [0.25, 0.3) is 0 Å². The van der Waals surface area contributed by atoms with Crippen molar-refractivity contribution in [1.29, 1.82) is 0 Å². The number of halogens is 2. The maximum Gasteiger partial charge on any atom is 0.0793 e. The molecule has 0 aliphatic rings. The highest BCUT2D eigenvalue weighted by Crippen LogP contribution is 2.26. The molecule has 0 fully saturated rings. The van der Waals surface area contributed by atoms with Gasteiger partial charge in [-0.05, 0) is 13.8 Å². The van der Waals surface area contributed by atoms with Crippen LogP contribution in [0.5, 0.6) is 0 Å². The number of allylic oxidation sites excluding steroid dienone is 4. The van der Waals surface area contributed by atoms with Gasteiger partial charge in [0, 0.05) is 0 Å². The minimum absolute atomic E-state index is 0.256. The SMILES string of the molecule is C=CC(C)(Cl)C(Cl)C=CC(=C)C. The first-order chi connectivity index (χ1) is 5.40. The predicted molar refractivity (Wildman–Crippen MR) is 58.1 cm³/mol. The van der Waals surface area contributed by atoms with Gasteiger partial charge >= 0.3 is 0 Å². The fourth-order valence-electron chi connectivity index (χ4n) is 0.549. The van der Waals surface area contributed by atoms with Crippen LogP contribution in [0.2, 0.25) is 0 Å². The third-order valence-corrected chi connectivity index (χ3v) is 2.59. The molecule has 2 atom stereocenters. The van der Waals surface area contributed by atoms with Crippen molar-refractivity contribution in [1.82, 2.24) is 0 Å². The van der Waals surface area contributed by atoms with Crippen LogP contribution < -0.4 is 0 Å². The fourth-order valence-corrected chi connectivity index (χ4v) is 0.784. The minimum Gasteiger partial charge on any atom is -0.116 e. The lowest BCUT2D eigenvalue weighted by atomic mass is 10.1. The standard InChI is InChI=1S/C10H14Cl2/c1-5-10(4,12)9(11)7-6-8(2)3/h5-7,9H,1-2H2,3-4H3. The molecule has 0 bridgehead atoms. The average Bonchev–Trinajstić information content (AvgIpc) is 2.00. The summed E-state index contributed by atoms with van der Waals surface area (Å²) < 4.78 is 0. The molecule has 0 saturated carbocycles. The maximum absolute atomic E-state index is 6.02. The molecule has 0 aliphatic carbocycles. The molecular weight excluding hydrogens is 191 g/mol. The van der Waals surface area contributed by atoms with Crippen LogP contribution in [0.25, 0.3) is 0 Å². The number of alkyl halides is 2. The van der Waals surface area contributed by atoms with Gasteiger partial charge in [-0.2, -0.15) is 0 Å². The second kappa shape index (κ2) is 4.74. The van der Waals surface area contributed by atoms with Gasteiger partial charge in [-0.15, -0.1) is 29.8 Å². The van der Waals surface area contributed by atoms with Crippen molar-refractivity contribution in [3.05, 3.63) is 37.0 Å². The molecule has 2 heteroatoms. The van der Waals surface area contributed by atoms with Crippen LogP contribution in [-0.2, 0) is 0 Å². The van der Waals surface area contributed by atoms with Crippen LogP contribution in [0.3, 0.4) is 0 Å². The van der Waals surface area contributed by atoms with Gasteiger partial charge in [-0.3, -0.25) is 0 Å². The second-order valence-corrected chi connectivity index (χ2v) is 4.25.